The summed E-state index contributed by atoms with van der Waals surface area (Å²) >= 11 is 0. The Morgan fingerprint density at radius 1 is 1.07 bits per heavy atom. The molecule has 2 aromatic rings. The fourth-order valence-corrected chi connectivity index (χ4v) is 2.57. The van der Waals surface area contributed by atoms with Crippen LogP contribution in [0.2, 0.25) is 0 Å². The molecule has 0 aliphatic rings. The normalized spacial score (nSPS) is 11.1. The van der Waals surface area contributed by atoms with Crippen molar-refractivity contribution in [1.82, 2.24) is 0 Å². The van der Waals surface area contributed by atoms with Gasteiger partial charge in [-0.15, -0.1) is 0 Å². The van der Waals surface area contributed by atoms with Gasteiger partial charge in [-0.3, -0.25) is 14.9 Å². The maximum Gasteiger partial charge on any atom is 0.417 e. The second-order valence-electron chi connectivity index (χ2n) is 6.27. The highest BCUT2D eigenvalue weighted by molar-refractivity contribution is 6.06. The Hall–Kier alpha value is -3.30. The van der Waals surface area contributed by atoms with E-state index in [1.807, 2.05) is 13.8 Å². The van der Waals surface area contributed by atoms with E-state index in [1.165, 1.54) is 12.1 Å². The molecular formula is C20H21F3N2O5. The molecule has 30 heavy (non-hydrogen) atoms. The monoisotopic (exact) mass is 426 g/mol. The van der Waals surface area contributed by atoms with Crippen LogP contribution in [0.5, 0.6) is 11.5 Å². The smallest absolute Gasteiger partial charge is 0.417 e. The van der Waals surface area contributed by atoms with Crippen LogP contribution in [0.15, 0.2) is 36.4 Å². The van der Waals surface area contributed by atoms with Gasteiger partial charge in [0.15, 0.2) is 11.5 Å². The highest BCUT2D eigenvalue weighted by atomic mass is 19.4. The summed E-state index contributed by atoms with van der Waals surface area (Å²) in [5, 5.41) is 13.7. The minimum absolute atomic E-state index is 0.116. The predicted molar refractivity (Wildman–Crippen MR) is 104 cm³/mol. The van der Waals surface area contributed by atoms with E-state index in [0.29, 0.717) is 12.8 Å². The molecule has 0 fully saturated rings. The van der Waals surface area contributed by atoms with Gasteiger partial charge >= 0.3 is 6.18 Å². The molecule has 2 rings (SSSR count). The number of ether oxygens (including phenoxy) is 2. The number of carbonyl (C=O) groups excluding carboxylic acids is 1. The Labute approximate surface area is 170 Å². The quantitative estimate of drug-likeness (QED) is 0.426. The first kappa shape index (κ1) is 23.0. The zero-order valence-corrected chi connectivity index (χ0v) is 16.4. The lowest BCUT2D eigenvalue weighted by atomic mass is 10.1. The van der Waals surface area contributed by atoms with Gasteiger partial charge in [0.2, 0.25) is 0 Å². The highest BCUT2D eigenvalue weighted by Crippen LogP contribution is 2.39. The summed E-state index contributed by atoms with van der Waals surface area (Å²) in [6.07, 6.45) is -3.47. The Morgan fingerprint density at radius 3 is 2.17 bits per heavy atom. The van der Waals surface area contributed by atoms with Gasteiger partial charge in [-0.05, 0) is 25.0 Å². The third-order valence-electron chi connectivity index (χ3n) is 3.91. The van der Waals surface area contributed by atoms with Crippen LogP contribution in [-0.4, -0.2) is 24.0 Å². The lowest BCUT2D eigenvalue weighted by Crippen LogP contribution is -2.19. The van der Waals surface area contributed by atoms with Crippen molar-refractivity contribution in [1.29, 1.82) is 0 Å². The number of amides is 1. The Balaban J connectivity index is 2.47. The Bertz CT molecular complexity index is 916. The summed E-state index contributed by atoms with van der Waals surface area (Å²) < 4.78 is 50.7. The summed E-state index contributed by atoms with van der Waals surface area (Å²) in [6, 6.07) is 6.46. The van der Waals surface area contributed by atoms with Crippen molar-refractivity contribution in [2.45, 2.75) is 32.9 Å². The molecule has 7 nitrogen and oxygen atoms in total. The van der Waals surface area contributed by atoms with Crippen molar-refractivity contribution >= 4 is 17.3 Å². The van der Waals surface area contributed by atoms with Crippen LogP contribution < -0.4 is 14.8 Å². The molecule has 0 aliphatic heterocycles. The van der Waals surface area contributed by atoms with Crippen molar-refractivity contribution in [2.24, 2.45) is 0 Å². The molecule has 2 aromatic carbocycles. The maximum atomic E-state index is 13.2. The molecule has 0 unspecified atom stereocenters. The standard InChI is InChI=1S/C20H21F3N2O5/c1-3-9-29-17-11-15(16(25(27)28)12-18(17)30-10-4-2)24-19(26)13-7-5-6-8-14(13)20(21,22)23/h5-8,11-12H,3-4,9-10H2,1-2H3,(H,24,26). The van der Waals surface area contributed by atoms with Crippen LogP contribution in [0.25, 0.3) is 0 Å². The third kappa shape index (κ3) is 5.62. The highest BCUT2D eigenvalue weighted by Gasteiger charge is 2.35. The minimum Gasteiger partial charge on any atom is -0.490 e. The molecule has 1 amide bonds. The number of hydrogen-bond donors (Lipinski definition) is 1. The van der Waals surface area contributed by atoms with Gasteiger partial charge < -0.3 is 14.8 Å². The molecule has 0 radical (unpaired) electrons. The number of rotatable bonds is 9. The summed E-state index contributed by atoms with van der Waals surface area (Å²) in [4.78, 5) is 23.3. The zero-order valence-electron chi connectivity index (χ0n) is 16.4. The number of nitrogens with zero attached hydrogens (tertiary/aromatic N) is 1. The van der Waals surface area contributed by atoms with Gasteiger partial charge in [-0.25, -0.2) is 0 Å². The molecule has 0 heterocycles. The molecule has 0 bridgehead atoms. The van der Waals surface area contributed by atoms with Crippen molar-refractivity contribution in [3.63, 3.8) is 0 Å². The van der Waals surface area contributed by atoms with E-state index >= 15 is 0 Å². The Kier molecular flexibility index (Phi) is 7.62. The average Bonchev–Trinajstić information content (AvgIpc) is 2.70. The number of benzene rings is 2. The van der Waals surface area contributed by atoms with E-state index in [1.54, 1.807) is 0 Å². The fourth-order valence-electron chi connectivity index (χ4n) is 2.57. The number of hydrogen-bond acceptors (Lipinski definition) is 5. The number of carbonyl (C=O) groups is 1. The zero-order chi connectivity index (χ0) is 22.3. The molecule has 162 valence electrons. The van der Waals surface area contributed by atoms with Crippen molar-refractivity contribution < 1.29 is 32.4 Å². The molecule has 1 N–H and O–H groups in total. The summed E-state index contributed by atoms with van der Waals surface area (Å²) in [5.41, 5.74) is -2.61. The summed E-state index contributed by atoms with van der Waals surface area (Å²) in [7, 11) is 0. The average molecular weight is 426 g/mol. The molecule has 0 aliphatic carbocycles. The second kappa shape index (κ2) is 9.95. The van der Waals surface area contributed by atoms with Gasteiger partial charge in [0, 0.05) is 6.07 Å². The molecular weight excluding hydrogens is 405 g/mol. The fraction of sp³-hybridized carbons (Fsp3) is 0.350. The molecule has 0 atom stereocenters. The van der Waals surface area contributed by atoms with Crippen LogP contribution in [0.4, 0.5) is 24.5 Å². The third-order valence-corrected chi connectivity index (χ3v) is 3.91. The van der Waals surface area contributed by atoms with Crippen LogP contribution in [-0.2, 0) is 6.18 Å². The van der Waals surface area contributed by atoms with E-state index < -0.39 is 33.8 Å². The molecule has 0 saturated heterocycles. The van der Waals surface area contributed by atoms with E-state index in [4.69, 9.17) is 9.47 Å². The van der Waals surface area contributed by atoms with Gasteiger partial charge in [0.1, 0.15) is 5.69 Å². The van der Waals surface area contributed by atoms with Gasteiger partial charge in [-0.2, -0.15) is 13.2 Å². The number of anilines is 1. The van der Waals surface area contributed by atoms with Crippen LogP contribution in [0.1, 0.15) is 42.6 Å². The lowest BCUT2D eigenvalue weighted by Gasteiger charge is -2.16. The molecule has 0 saturated carbocycles. The first-order valence-corrected chi connectivity index (χ1v) is 9.24. The SMILES string of the molecule is CCCOc1cc(NC(=O)c2ccccc2C(F)(F)F)c([N+](=O)[O-])cc1OCCC. The summed E-state index contributed by atoms with van der Waals surface area (Å²) in [6.45, 7) is 4.28. The summed E-state index contributed by atoms with van der Waals surface area (Å²) in [5.74, 6) is -0.865. The van der Waals surface area contributed by atoms with E-state index in [-0.39, 0.29) is 30.4 Å². The van der Waals surface area contributed by atoms with Gasteiger partial charge in [0.05, 0.1) is 35.3 Å². The van der Waals surface area contributed by atoms with Crippen molar-refractivity contribution in [3.05, 3.63) is 57.6 Å². The van der Waals surface area contributed by atoms with Gasteiger partial charge in [-0.1, -0.05) is 26.0 Å². The van der Waals surface area contributed by atoms with Crippen molar-refractivity contribution in [3.8, 4) is 11.5 Å². The van der Waals surface area contributed by atoms with Crippen LogP contribution in [0.3, 0.4) is 0 Å². The Morgan fingerprint density at radius 2 is 1.63 bits per heavy atom. The van der Waals surface area contributed by atoms with Crippen molar-refractivity contribution in [2.75, 3.05) is 18.5 Å². The topological polar surface area (TPSA) is 90.7 Å². The molecule has 0 aromatic heterocycles. The predicted octanol–water partition coefficient (Wildman–Crippen LogP) is 5.44. The molecule has 0 spiro atoms. The van der Waals surface area contributed by atoms with Gasteiger partial charge in [0.25, 0.3) is 11.6 Å². The first-order chi connectivity index (χ1) is 14.2. The largest absolute Gasteiger partial charge is 0.490 e. The molecule has 10 heteroatoms. The van der Waals surface area contributed by atoms with E-state index in [2.05, 4.69) is 5.32 Å². The maximum absolute atomic E-state index is 13.2. The minimum atomic E-state index is -4.76. The van der Waals surface area contributed by atoms with E-state index in [9.17, 15) is 28.1 Å². The number of halogens is 3. The van der Waals surface area contributed by atoms with Crippen LogP contribution >= 0.6 is 0 Å². The number of nitro benzene ring substituents is 1. The van der Waals surface area contributed by atoms with Crippen LogP contribution in [0, 0.1) is 10.1 Å². The van der Waals surface area contributed by atoms with E-state index in [0.717, 1.165) is 24.3 Å². The number of nitrogens with one attached hydrogen (secondary N) is 1. The first-order valence-electron chi connectivity index (χ1n) is 9.24. The lowest BCUT2D eigenvalue weighted by molar-refractivity contribution is -0.384. The number of nitro groups is 1. The number of alkyl halides is 3. The second-order valence-corrected chi connectivity index (χ2v) is 6.27.